The third-order valence-corrected chi connectivity index (χ3v) is 2.62. The Labute approximate surface area is 81.1 Å². The normalized spacial score (nSPS) is 11.0. The van der Waals surface area contributed by atoms with Gasteiger partial charge < -0.3 is 10.2 Å². The van der Waals surface area contributed by atoms with Gasteiger partial charge in [-0.3, -0.25) is 0 Å². The molecule has 0 bridgehead atoms. The van der Waals surface area contributed by atoms with Crippen LogP contribution in [0.15, 0.2) is 0 Å². The summed E-state index contributed by atoms with van der Waals surface area (Å²) in [7, 11) is 4.25. The van der Waals surface area contributed by atoms with Crippen LogP contribution in [0.5, 0.6) is 0 Å². The van der Waals surface area contributed by atoms with E-state index in [4.69, 9.17) is 0 Å². The van der Waals surface area contributed by atoms with Crippen LogP contribution >= 0.6 is 11.8 Å². The van der Waals surface area contributed by atoms with E-state index in [1.807, 2.05) is 0 Å². The standard InChI is InChI=1S/C9H22N2S/c1-4-10-6-5-8-12-9-7-11(2)3/h10H,4-9H2,1-3H3. The van der Waals surface area contributed by atoms with Crippen LogP contribution in [0, 0.1) is 0 Å². The molecule has 0 saturated carbocycles. The summed E-state index contributed by atoms with van der Waals surface area (Å²) < 4.78 is 0. The van der Waals surface area contributed by atoms with Crippen LogP contribution < -0.4 is 5.32 Å². The molecule has 12 heavy (non-hydrogen) atoms. The van der Waals surface area contributed by atoms with Gasteiger partial charge in [0.15, 0.2) is 0 Å². The molecule has 0 aliphatic carbocycles. The number of rotatable bonds is 8. The Morgan fingerprint density at radius 3 is 2.58 bits per heavy atom. The van der Waals surface area contributed by atoms with Gasteiger partial charge in [-0.1, -0.05) is 6.92 Å². The molecule has 3 heteroatoms. The Kier molecular flexibility index (Phi) is 9.57. The summed E-state index contributed by atoms with van der Waals surface area (Å²) in [6.45, 7) is 5.62. The van der Waals surface area contributed by atoms with Crippen molar-refractivity contribution in [1.29, 1.82) is 0 Å². The topological polar surface area (TPSA) is 15.3 Å². The van der Waals surface area contributed by atoms with Crippen molar-refractivity contribution in [2.45, 2.75) is 13.3 Å². The Morgan fingerprint density at radius 2 is 2.00 bits per heavy atom. The van der Waals surface area contributed by atoms with Gasteiger partial charge in [0.2, 0.25) is 0 Å². The van der Waals surface area contributed by atoms with E-state index in [0.29, 0.717) is 0 Å². The molecule has 0 aromatic heterocycles. The molecule has 0 aliphatic rings. The largest absolute Gasteiger partial charge is 0.317 e. The van der Waals surface area contributed by atoms with Crippen molar-refractivity contribution in [1.82, 2.24) is 10.2 Å². The number of hydrogen-bond donors (Lipinski definition) is 1. The fraction of sp³-hybridized carbons (Fsp3) is 1.00. The van der Waals surface area contributed by atoms with Gasteiger partial charge in [0, 0.05) is 12.3 Å². The van der Waals surface area contributed by atoms with E-state index in [0.717, 1.165) is 6.54 Å². The fourth-order valence-electron chi connectivity index (χ4n) is 0.825. The van der Waals surface area contributed by atoms with E-state index >= 15 is 0 Å². The molecule has 0 amide bonds. The molecular formula is C9H22N2S. The second-order valence-electron chi connectivity index (χ2n) is 3.12. The smallest absolute Gasteiger partial charge is 0.00662 e. The SMILES string of the molecule is CCNCCCSCCN(C)C. The summed E-state index contributed by atoms with van der Waals surface area (Å²) in [5.41, 5.74) is 0. The number of nitrogens with zero attached hydrogens (tertiary/aromatic N) is 1. The fourth-order valence-corrected chi connectivity index (χ4v) is 1.87. The predicted octanol–water partition coefficient (Wildman–Crippen LogP) is 1.28. The van der Waals surface area contributed by atoms with Crippen molar-refractivity contribution < 1.29 is 0 Å². The van der Waals surface area contributed by atoms with Crippen molar-refractivity contribution in [3.05, 3.63) is 0 Å². The van der Waals surface area contributed by atoms with Gasteiger partial charge in [-0.05, 0) is 39.4 Å². The number of nitrogens with one attached hydrogen (secondary N) is 1. The minimum atomic E-state index is 1.10. The lowest BCUT2D eigenvalue weighted by molar-refractivity contribution is 0.437. The molecule has 0 fully saturated rings. The highest BCUT2D eigenvalue weighted by atomic mass is 32.2. The third kappa shape index (κ3) is 10.3. The van der Waals surface area contributed by atoms with Gasteiger partial charge >= 0.3 is 0 Å². The van der Waals surface area contributed by atoms with Gasteiger partial charge in [0.05, 0.1) is 0 Å². The van der Waals surface area contributed by atoms with E-state index in [1.165, 1.54) is 31.0 Å². The maximum Gasteiger partial charge on any atom is 0.00662 e. The highest BCUT2D eigenvalue weighted by Gasteiger charge is 1.91. The van der Waals surface area contributed by atoms with E-state index < -0.39 is 0 Å². The van der Waals surface area contributed by atoms with E-state index in [-0.39, 0.29) is 0 Å². The molecule has 0 heterocycles. The quantitative estimate of drug-likeness (QED) is 0.581. The van der Waals surface area contributed by atoms with Gasteiger partial charge in [-0.25, -0.2) is 0 Å². The highest BCUT2D eigenvalue weighted by Crippen LogP contribution is 2.01. The molecule has 0 aliphatic heterocycles. The first-order valence-corrected chi connectivity index (χ1v) is 5.86. The minimum Gasteiger partial charge on any atom is -0.317 e. The van der Waals surface area contributed by atoms with Gasteiger partial charge in [-0.15, -0.1) is 0 Å². The molecule has 0 atom stereocenters. The molecule has 0 spiro atoms. The van der Waals surface area contributed by atoms with E-state index in [2.05, 4.69) is 43.0 Å². The average Bonchev–Trinajstić information content (AvgIpc) is 2.02. The zero-order valence-electron chi connectivity index (χ0n) is 8.60. The van der Waals surface area contributed by atoms with E-state index in [1.54, 1.807) is 0 Å². The third-order valence-electron chi connectivity index (χ3n) is 1.58. The number of hydrogen-bond acceptors (Lipinski definition) is 3. The Balaban J connectivity index is 2.82. The molecule has 0 saturated heterocycles. The Hall–Kier alpha value is 0.270. The molecule has 0 aromatic rings. The molecular weight excluding hydrogens is 168 g/mol. The first-order chi connectivity index (χ1) is 5.77. The number of thioether (sulfide) groups is 1. The Bertz CT molecular complexity index is 86.6. The van der Waals surface area contributed by atoms with Crippen molar-refractivity contribution in [3.8, 4) is 0 Å². The van der Waals surface area contributed by atoms with Crippen LogP contribution in [0.3, 0.4) is 0 Å². The molecule has 2 nitrogen and oxygen atoms in total. The summed E-state index contributed by atoms with van der Waals surface area (Å²) in [4.78, 5) is 2.23. The van der Waals surface area contributed by atoms with Crippen LogP contribution in [0.25, 0.3) is 0 Å². The van der Waals surface area contributed by atoms with Crippen LogP contribution in [-0.2, 0) is 0 Å². The molecule has 0 rings (SSSR count). The van der Waals surface area contributed by atoms with Crippen molar-refractivity contribution in [3.63, 3.8) is 0 Å². The maximum absolute atomic E-state index is 3.32. The molecule has 0 radical (unpaired) electrons. The van der Waals surface area contributed by atoms with Crippen LogP contribution in [0.4, 0.5) is 0 Å². The molecule has 0 unspecified atom stereocenters. The molecule has 1 N–H and O–H groups in total. The lowest BCUT2D eigenvalue weighted by Gasteiger charge is -2.08. The average molecular weight is 190 g/mol. The van der Waals surface area contributed by atoms with Gasteiger partial charge in [0.1, 0.15) is 0 Å². The monoisotopic (exact) mass is 190 g/mol. The Morgan fingerprint density at radius 1 is 1.25 bits per heavy atom. The van der Waals surface area contributed by atoms with Crippen molar-refractivity contribution >= 4 is 11.8 Å². The molecule has 74 valence electrons. The second-order valence-corrected chi connectivity index (χ2v) is 4.35. The first kappa shape index (κ1) is 12.3. The second kappa shape index (κ2) is 9.36. The highest BCUT2D eigenvalue weighted by molar-refractivity contribution is 7.99. The predicted molar refractivity (Wildman–Crippen MR) is 59.0 cm³/mol. The molecule has 0 aromatic carbocycles. The van der Waals surface area contributed by atoms with Crippen molar-refractivity contribution in [2.75, 3.05) is 45.2 Å². The lowest BCUT2D eigenvalue weighted by Crippen LogP contribution is -2.16. The zero-order chi connectivity index (χ0) is 9.23. The van der Waals surface area contributed by atoms with E-state index in [9.17, 15) is 0 Å². The minimum absolute atomic E-state index is 1.10. The zero-order valence-corrected chi connectivity index (χ0v) is 9.41. The first-order valence-electron chi connectivity index (χ1n) is 4.70. The maximum atomic E-state index is 3.32. The lowest BCUT2D eigenvalue weighted by atomic mass is 10.5. The van der Waals surface area contributed by atoms with Crippen LogP contribution in [0.1, 0.15) is 13.3 Å². The van der Waals surface area contributed by atoms with Crippen LogP contribution in [-0.4, -0.2) is 50.1 Å². The van der Waals surface area contributed by atoms with Crippen LogP contribution in [0.2, 0.25) is 0 Å². The summed E-state index contributed by atoms with van der Waals surface area (Å²) in [5, 5.41) is 3.32. The van der Waals surface area contributed by atoms with Gasteiger partial charge in [0.25, 0.3) is 0 Å². The summed E-state index contributed by atoms with van der Waals surface area (Å²) in [6.07, 6.45) is 1.30. The summed E-state index contributed by atoms with van der Waals surface area (Å²) in [5.74, 6) is 2.56. The summed E-state index contributed by atoms with van der Waals surface area (Å²) >= 11 is 2.05. The van der Waals surface area contributed by atoms with Gasteiger partial charge in [-0.2, -0.15) is 11.8 Å². The summed E-state index contributed by atoms with van der Waals surface area (Å²) in [6, 6.07) is 0. The van der Waals surface area contributed by atoms with Crippen molar-refractivity contribution in [2.24, 2.45) is 0 Å².